The van der Waals surface area contributed by atoms with Crippen molar-refractivity contribution >= 4 is 11.8 Å². The van der Waals surface area contributed by atoms with Gasteiger partial charge >= 0.3 is 0 Å². The molecule has 0 spiro atoms. The Morgan fingerprint density at radius 3 is 2.83 bits per heavy atom. The van der Waals surface area contributed by atoms with Gasteiger partial charge in [0.15, 0.2) is 5.75 Å². The van der Waals surface area contributed by atoms with Gasteiger partial charge in [-0.2, -0.15) is 16.9 Å². The van der Waals surface area contributed by atoms with Gasteiger partial charge in [-0.25, -0.2) is 0 Å². The van der Waals surface area contributed by atoms with Crippen LogP contribution in [0.1, 0.15) is 50.9 Å². The van der Waals surface area contributed by atoms with Gasteiger partial charge in [0, 0.05) is 11.3 Å². The van der Waals surface area contributed by atoms with Crippen LogP contribution < -0.4 is 4.74 Å². The monoisotopic (exact) mass is 270 g/mol. The molecule has 2 unspecified atom stereocenters. The largest absolute Gasteiger partial charge is 0.493 e. The molecule has 1 aromatic rings. The maximum atomic E-state index is 10.6. The van der Waals surface area contributed by atoms with Crippen LogP contribution in [0.4, 0.5) is 0 Å². The van der Waals surface area contributed by atoms with E-state index in [0.717, 1.165) is 17.9 Å². The Bertz CT molecular complexity index is 386. The molecule has 2 rings (SSSR count). The molecule has 102 valence electrons. The van der Waals surface area contributed by atoms with Gasteiger partial charge in [-0.15, -0.1) is 0 Å². The zero-order chi connectivity index (χ0) is 13.1. The van der Waals surface area contributed by atoms with E-state index >= 15 is 0 Å². The first-order valence-corrected chi connectivity index (χ1v) is 7.61. The lowest BCUT2D eigenvalue weighted by Gasteiger charge is -2.27. The van der Waals surface area contributed by atoms with Crippen LogP contribution in [0.2, 0.25) is 0 Å². The number of methoxy groups -OCH3 is 1. The summed E-state index contributed by atoms with van der Waals surface area (Å²) < 4.78 is 7.21. The van der Waals surface area contributed by atoms with Crippen molar-refractivity contribution < 1.29 is 9.84 Å². The third-order valence-corrected chi connectivity index (χ3v) is 4.80. The summed E-state index contributed by atoms with van der Waals surface area (Å²) in [4.78, 5) is 0. The van der Waals surface area contributed by atoms with E-state index in [2.05, 4.69) is 18.9 Å². The molecule has 1 N–H and O–H groups in total. The first kappa shape index (κ1) is 13.7. The van der Waals surface area contributed by atoms with Crippen LogP contribution in [0.25, 0.3) is 0 Å². The Hall–Kier alpha value is -0.680. The number of aromatic nitrogens is 2. The van der Waals surface area contributed by atoms with Gasteiger partial charge in [-0.3, -0.25) is 4.68 Å². The Morgan fingerprint density at radius 1 is 1.50 bits per heavy atom. The van der Waals surface area contributed by atoms with Crippen molar-refractivity contribution in [3.05, 3.63) is 11.9 Å². The van der Waals surface area contributed by atoms with Crippen molar-refractivity contribution in [2.45, 2.75) is 50.5 Å². The summed E-state index contributed by atoms with van der Waals surface area (Å²) in [5.41, 5.74) is 0.826. The van der Waals surface area contributed by atoms with Crippen molar-refractivity contribution in [1.29, 1.82) is 0 Å². The standard InChI is InChI=1S/C13H22N2O2S/c1-9(2)15-12(10(17-3)8-14-15)13(16)11-6-4-5-7-18-11/h8-9,11,13,16H,4-7H2,1-3H3. The van der Waals surface area contributed by atoms with E-state index in [1.807, 2.05) is 16.4 Å². The highest BCUT2D eigenvalue weighted by molar-refractivity contribution is 7.99. The lowest BCUT2D eigenvalue weighted by molar-refractivity contribution is 0.151. The molecule has 18 heavy (non-hydrogen) atoms. The number of aliphatic hydroxyl groups excluding tert-OH is 1. The minimum Gasteiger partial charge on any atom is -0.493 e. The molecule has 1 aromatic heterocycles. The zero-order valence-electron chi connectivity index (χ0n) is 11.3. The van der Waals surface area contributed by atoms with Crippen LogP contribution in [0.5, 0.6) is 5.75 Å². The van der Waals surface area contributed by atoms with Crippen LogP contribution in [-0.2, 0) is 0 Å². The molecule has 5 heteroatoms. The molecule has 2 heterocycles. The number of aliphatic hydroxyl groups is 1. The molecule has 1 fully saturated rings. The summed E-state index contributed by atoms with van der Waals surface area (Å²) in [5.74, 6) is 1.84. The predicted octanol–water partition coefficient (Wildman–Crippen LogP) is 2.79. The molecule has 0 aliphatic carbocycles. The van der Waals surface area contributed by atoms with E-state index in [-0.39, 0.29) is 11.3 Å². The molecule has 0 radical (unpaired) electrons. The normalized spacial score (nSPS) is 22.2. The molecule has 0 bridgehead atoms. The summed E-state index contributed by atoms with van der Waals surface area (Å²) in [7, 11) is 1.63. The summed E-state index contributed by atoms with van der Waals surface area (Å²) in [6.07, 6.45) is 4.74. The summed E-state index contributed by atoms with van der Waals surface area (Å²) in [6.45, 7) is 4.13. The summed E-state index contributed by atoms with van der Waals surface area (Å²) in [6, 6.07) is 0.229. The highest BCUT2D eigenvalue weighted by Crippen LogP contribution is 2.38. The van der Waals surface area contributed by atoms with Gasteiger partial charge < -0.3 is 9.84 Å². The lowest BCUT2D eigenvalue weighted by atomic mass is 10.1. The fourth-order valence-corrected chi connectivity index (χ4v) is 3.71. The van der Waals surface area contributed by atoms with Crippen molar-refractivity contribution in [1.82, 2.24) is 9.78 Å². The topological polar surface area (TPSA) is 47.3 Å². The molecular formula is C13H22N2O2S. The SMILES string of the molecule is COc1cnn(C(C)C)c1C(O)C1CCCCS1. The van der Waals surface area contributed by atoms with Gasteiger partial charge in [-0.1, -0.05) is 6.42 Å². The smallest absolute Gasteiger partial charge is 0.162 e. The van der Waals surface area contributed by atoms with E-state index in [1.54, 1.807) is 13.3 Å². The number of ether oxygens (including phenoxy) is 1. The second-order valence-electron chi connectivity index (χ2n) is 4.99. The maximum Gasteiger partial charge on any atom is 0.162 e. The van der Waals surface area contributed by atoms with Gasteiger partial charge in [0.2, 0.25) is 0 Å². The second-order valence-corrected chi connectivity index (χ2v) is 6.33. The molecule has 1 saturated heterocycles. The Morgan fingerprint density at radius 2 is 2.28 bits per heavy atom. The Labute approximate surface area is 113 Å². The average Bonchev–Trinajstić information content (AvgIpc) is 2.82. The van der Waals surface area contributed by atoms with Gasteiger partial charge in [-0.05, 0) is 32.4 Å². The quantitative estimate of drug-likeness (QED) is 0.914. The third-order valence-electron chi connectivity index (χ3n) is 3.35. The van der Waals surface area contributed by atoms with Gasteiger partial charge in [0.1, 0.15) is 11.8 Å². The second kappa shape index (κ2) is 5.97. The van der Waals surface area contributed by atoms with Crippen LogP contribution in [0.15, 0.2) is 6.20 Å². The molecule has 4 nitrogen and oxygen atoms in total. The highest BCUT2D eigenvalue weighted by Gasteiger charge is 2.30. The number of rotatable bonds is 4. The maximum absolute atomic E-state index is 10.6. The molecule has 0 aromatic carbocycles. The highest BCUT2D eigenvalue weighted by atomic mass is 32.2. The predicted molar refractivity (Wildman–Crippen MR) is 74.2 cm³/mol. The number of nitrogens with zero attached hydrogens (tertiary/aromatic N) is 2. The Balaban J connectivity index is 2.26. The van der Waals surface area contributed by atoms with E-state index in [9.17, 15) is 5.11 Å². The summed E-state index contributed by atoms with van der Waals surface area (Å²) >= 11 is 1.86. The molecular weight excluding hydrogens is 248 g/mol. The molecule has 0 amide bonds. The van der Waals surface area contributed by atoms with Crippen molar-refractivity contribution in [2.75, 3.05) is 12.9 Å². The molecule has 1 aliphatic heterocycles. The average molecular weight is 270 g/mol. The van der Waals surface area contributed by atoms with Gasteiger partial charge in [0.05, 0.1) is 13.3 Å². The van der Waals surface area contributed by atoms with Gasteiger partial charge in [0.25, 0.3) is 0 Å². The number of hydrogen-bond acceptors (Lipinski definition) is 4. The zero-order valence-corrected chi connectivity index (χ0v) is 12.1. The first-order chi connectivity index (χ1) is 8.65. The van der Waals surface area contributed by atoms with Crippen LogP contribution in [0.3, 0.4) is 0 Å². The third kappa shape index (κ3) is 2.67. The molecule has 0 saturated carbocycles. The van der Waals surface area contributed by atoms with E-state index < -0.39 is 6.10 Å². The number of hydrogen-bond donors (Lipinski definition) is 1. The Kier molecular flexibility index (Phi) is 4.56. The van der Waals surface area contributed by atoms with E-state index in [1.165, 1.54) is 12.8 Å². The summed E-state index contributed by atoms with van der Waals surface area (Å²) in [5, 5.41) is 15.2. The van der Waals surface area contributed by atoms with Crippen molar-refractivity contribution in [3.8, 4) is 5.75 Å². The fraction of sp³-hybridized carbons (Fsp3) is 0.769. The van der Waals surface area contributed by atoms with Crippen molar-refractivity contribution in [3.63, 3.8) is 0 Å². The van der Waals surface area contributed by atoms with Crippen molar-refractivity contribution in [2.24, 2.45) is 0 Å². The number of thioether (sulfide) groups is 1. The van der Waals surface area contributed by atoms with Crippen LogP contribution >= 0.6 is 11.8 Å². The van der Waals surface area contributed by atoms with E-state index in [4.69, 9.17) is 4.74 Å². The minimum atomic E-state index is -0.491. The minimum absolute atomic E-state index is 0.229. The van der Waals surface area contributed by atoms with Crippen LogP contribution in [0, 0.1) is 0 Å². The molecule has 2 atom stereocenters. The molecule has 1 aliphatic rings. The first-order valence-electron chi connectivity index (χ1n) is 6.56. The van der Waals surface area contributed by atoms with E-state index in [0.29, 0.717) is 5.75 Å². The fourth-order valence-electron chi connectivity index (χ4n) is 2.40. The van der Waals surface area contributed by atoms with Crippen LogP contribution in [-0.4, -0.2) is 33.0 Å². The lowest BCUT2D eigenvalue weighted by Crippen LogP contribution is -2.23.